The topological polar surface area (TPSA) is 67.2 Å². The van der Waals surface area contributed by atoms with Gasteiger partial charge in [0.15, 0.2) is 0 Å². The molecule has 23 heavy (non-hydrogen) atoms. The van der Waals surface area contributed by atoms with E-state index in [2.05, 4.69) is 10.3 Å². The molecule has 1 aromatic carbocycles. The van der Waals surface area contributed by atoms with Crippen LogP contribution in [0.4, 0.5) is 5.69 Å². The Bertz CT molecular complexity index is 751. The van der Waals surface area contributed by atoms with Crippen LogP contribution in [-0.4, -0.2) is 32.8 Å². The van der Waals surface area contributed by atoms with Gasteiger partial charge in [-0.05, 0) is 31.0 Å². The van der Waals surface area contributed by atoms with Gasteiger partial charge in [0.05, 0.1) is 18.6 Å². The second-order valence-corrected chi connectivity index (χ2v) is 5.87. The van der Waals surface area contributed by atoms with E-state index in [0.29, 0.717) is 13.1 Å². The van der Waals surface area contributed by atoms with Crippen molar-refractivity contribution < 1.29 is 9.59 Å². The van der Waals surface area contributed by atoms with Gasteiger partial charge in [-0.2, -0.15) is 0 Å². The molecule has 2 amide bonds. The summed E-state index contributed by atoms with van der Waals surface area (Å²) in [5.41, 5.74) is 3.90. The predicted octanol–water partition coefficient (Wildman–Crippen LogP) is 1.87. The standard InChI is InChI=1S/C17H20N4O2/c1-12-4-3-5-15(13(12)2)19-16(22)8-17(23)20-6-7-21-11-18-9-14(21)10-20/h3-5,9,11H,6-8,10H2,1-2H3,(H,19,22). The molecule has 3 rings (SSSR count). The van der Waals surface area contributed by atoms with Gasteiger partial charge in [0.2, 0.25) is 11.8 Å². The normalized spacial score (nSPS) is 13.6. The number of amides is 2. The number of nitrogens with zero attached hydrogens (tertiary/aromatic N) is 3. The number of hydrogen-bond donors (Lipinski definition) is 1. The van der Waals surface area contributed by atoms with Crippen molar-refractivity contribution in [3.05, 3.63) is 47.5 Å². The lowest BCUT2D eigenvalue weighted by Gasteiger charge is -2.28. The van der Waals surface area contributed by atoms with Crippen LogP contribution >= 0.6 is 0 Å². The molecule has 1 aromatic heterocycles. The molecule has 0 unspecified atom stereocenters. The van der Waals surface area contributed by atoms with E-state index in [4.69, 9.17) is 0 Å². The average Bonchev–Trinajstić information content (AvgIpc) is 2.99. The Morgan fingerprint density at radius 3 is 2.91 bits per heavy atom. The van der Waals surface area contributed by atoms with E-state index >= 15 is 0 Å². The van der Waals surface area contributed by atoms with Crippen molar-refractivity contribution in [1.82, 2.24) is 14.5 Å². The van der Waals surface area contributed by atoms with Crippen molar-refractivity contribution in [3.63, 3.8) is 0 Å². The number of imidazole rings is 1. The van der Waals surface area contributed by atoms with Crippen LogP contribution < -0.4 is 5.32 Å². The maximum absolute atomic E-state index is 12.3. The number of carbonyl (C=O) groups excluding carboxylic acids is 2. The van der Waals surface area contributed by atoms with E-state index < -0.39 is 0 Å². The van der Waals surface area contributed by atoms with Crippen LogP contribution in [0.15, 0.2) is 30.7 Å². The molecule has 0 saturated carbocycles. The largest absolute Gasteiger partial charge is 0.335 e. The highest BCUT2D eigenvalue weighted by atomic mass is 16.2. The van der Waals surface area contributed by atoms with E-state index in [9.17, 15) is 9.59 Å². The fourth-order valence-electron chi connectivity index (χ4n) is 2.73. The maximum atomic E-state index is 12.3. The van der Waals surface area contributed by atoms with Crippen molar-refractivity contribution in [2.45, 2.75) is 33.4 Å². The number of rotatable bonds is 3. The minimum atomic E-state index is -0.275. The van der Waals surface area contributed by atoms with Crippen LogP contribution in [0.25, 0.3) is 0 Å². The second kappa shape index (κ2) is 6.24. The number of nitrogens with one attached hydrogen (secondary N) is 1. The van der Waals surface area contributed by atoms with Crippen LogP contribution in [-0.2, 0) is 22.7 Å². The van der Waals surface area contributed by atoms with Gasteiger partial charge in [-0.3, -0.25) is 9.59 Å². The molecule has 0 spiro atoms. The molecule has 0 aliphatic carbocycles. The van der Waals surface area contributed by atoms with Crippen molar-refractivity contribution in [2.75, 3.05) is 11.9 Å². The lowest BCUT2D eigenvalue weighted by atomic mass is 10.1. The van der Waals surface area contributed by atoms with Crippen LogP contribution in [0.2, 0.25) is 0 Å². The van der Waals surface area contributed by atoms with Crippen LogP contribution in [0, 0.1) is 13.8 Å². The van der Waals surface area contributed by atoms with Gasteiger partial charge in [0.1, 0.15) is 6.42 Å². The van der Waals surface area contributed by atoms with Gasteiger partial charge in [-0.1, -0.05) is 12.1 Å². The highest BCUT2D eigenvalue weighted by Gasteiger charge is 2.22. The molecule has 6 nitrogen and oxygen atoms in total. The molecule has 0 bridgehead atoms. The van der Waals surface area contributed by atoms with E-state index in [1.165, 1.54) is 0 Å². The molecule has 6 heteroatoms. The number of carbonyl (C=O) groups is 2. The Morgan fingerprint density at radius 2 is 2.09 bits per heavy atom. The molecule has 0 fully saturated rings. The Kier molecular flexibility index (Phi) is 4.14. The molecule has 2 heterocycles. The first-order valence-electron chi connectivity index (χ1n) is 7.67. The second-order valence-electron chi connectivity index (χ2n) is 5.87. The molecule has 2 aromatic rings. The van der Waals surface area contributed by atoms with Crippen molar-refractivity contribution in [1.29, 1.82) is 0 Å². The zero-order chi connectivity index (χ0) is 16.4. The van der Waals surface area contributed by atoms with Gasteiger partial charge < -0.3 is 14.8 Å². The monoisotopic (exact) mass is 312 g/mol. The number of anilines is 1. The fraction of sp³-hybridized carbons (Fsp3) is 0.353. The third-order valence-corrected chi connectivity index (χ3v) is 4.31. The van der Waals surface area contributed by atoms with Gasteiger partial charge in [-0.25, -0.2) is 4.98 Å². The first kappa shape index (κ1) is 15.3. The summed E-state index contributed by atoms with van der Waals surface area (Å²) in [5.74, 6) is -0.428. The number of aryl methyl sites for hydroxylation is 1. The predicted molar refractivity (Wildman–Crippen MR) is 86.8 cm³/mol. The van der Waals surface area contributed by atoms with Crippen molar-refractivity contribution in [2.24, 2.45) is 0 Å². The van der Waals surface area contributed by atoms with Crippen LogP contribution in [0.3, 0.4) is 0 Å². The van der Waals surface area contributed by atoms with E-state index in [1.54, 1.807) is 17.4 Å². The summed E-state index contributed by atoms with van der Waals surface area (Å²) in [5, 5.41) is 2.83. The quantitative estimate of drug-likeness (QED) is 0.880. The zero-order valence-corrected chi connectivity index (χ0v) is 13.4. The number of hydrogen-bond acceptors (Lipinski definition) is 3. The molecular weight excluding hydrogens is 292 g/mol. The molecule has 1 aliphatic rings. The highest BCUT2D eigenvalue weighted by molar-refractivity contribution is 6.03. The SMILES string of the molecule is Cc1cccc(NC(=O)CC(=O)N2CCn3cncc3C2)c1C. The van der Waals surface area contributed by atoms with Crippen LogP contribution in [0.5, 0.6) is 0 Å². The summed E-state index contributed by atoms with van der Waals surface area (Å²) < 4.78 is 2.03. The first-order valence-corrected chi connectivity index (χ1v) is 7.67. The van der Waals surface area contributed by atoms with Crippen molar-refractivity contribution in [3.8, 4) is 0 Å². The molecule has 0 saturated heterocycles. The fourth-order valence-corrected chi connectivity index (χ4v) is 2.73. The van der Waals surface area contributed by atoms with E-state index in [0.717, 1.165) is 29.1 Å². The highest BCUT2D eigenvalue weighted by Crippen LogP contribution is 2.18. The van der Waals surface area contributed by atoms with Crippen molar-refractivity contribution >= 4 is 17.5 Å². The molecular formula is C17H20N4O2. The Balaban J connectivity index is 1.60. The number of fused-ring (bicyclic) bond motifs is 1. The zero-order valence-electron chi connectivity index (χ0n) is 13.4. The molecule has 0 atom stereocenters. The lowest BCUT2D eigenvalue weighted by molar-refractivity contribution is -0.135. The molecule has 120 valence electrons. The molecule has 0 radical (unpaired) electrons. The van der Waals surface area contributed by atoms with Gasteiger partial charge >= 0.3 is 0 Å². The number of aromatic nitrogens is 2. The summed E-state index contributed by atoms with van der Waals surface area (Å²) in [6, 6.07) is 5.74. The summed E-state index contributed by atoms with van der Waals surface area (Å²) in [6.45, 7) is 5.79. The van der Waals surface area contributed by atoms with E-state index in [1.807, 2.05) is 36.6 Å². The Hall–Kier alpha value is -2.63. The smallest absolute Gasteiger partial charge is 0.233 e. The first-order chi connectivity index (χ1) is 11.0. The Labute approximate surface area is 135 Å². The summed E-state index contributed by atoms with van der Waals surface area (Å²) in [6.07, 6.45) is 3.39. The van der Waals surface area contributed by atoms with Gasteiger partial charge in [-0.15, -0.1) is 0 Å². The molecule has 1 aliphatic heterocycles. The lowest BCUT2D eigenvalue weighted by Crippen LogP contribution is -2.39. The average molecular weight is 312 g/mol. The van der Waals surface area contributed by atoms with Crippen LogP contribution in [0.1, 0.15) is 23.2 Å². The van der Waals surface area contributed by atoms with Gasteiger partial charge in [0.25, 0.3) is 0 Å². The third kappa shape index (κ3) is 3.26. The Morgan fingerprint density at radius 1 is 1.26 bits per heavy atom. The number of benzene rings is 1. The molecule has 1 N–H and O–H groups in total. The summed E-state index contributed by atoms with van der Waals surface area (Å²) in [4.78, 5) is 30.3. The summed E-state index contributed by atoms with van der Waals surface area (Å²) in [7, 11) is 0. The van der Waals surface area contributed by atoms with Gasteiger partial charge in [0, 0.05) is 25.0 Å². The van der Waals surface area contributed by atoms with E-state index in [-0.39, 0.29) is 18.2 Å². The summed E-state index contributed by atoms with van der Waals surface area (Å²) >= 11 is 0. The minimum absolute atomic E-state index is 0.137. The maximum Gasteiger partial charge on any atom is 0.233 e. The minimum Gasteiger partial charge on any atom is -0.335 e. The third-order valence-electron chi connectivity index (χ3n) is 4.31.